The Morgan fingerprint density at radius 2 is 1.48 bits per heavy atom. The topological polar surface area (TPSA) is 52.5 Å². The molecule has 2 fully saturated rings. The van der Waals surface area contributed by atoms with E-state index in [1.54, 1.807) is 0 Å². The van der Waals surface area contributed by atoms with Crippen LogP contribution in [0.25, 0.3) is 0 Å². The Morgan fingerprint density at radius 3 is 2.06 bits per heavy atom. The third kappa shape index (κ3) is 4.87. The lowest BCUT2D eigenvalue weighted by atomic mass is 9.80. The van der Waals surface area contributed by atoms with E-state index in [0.29, 0.717) is 6.54 Å². The van der Waals surface area contributed by atoms with Crippen LogP contribution in [0.15, 0.2) is 36.7 Å². The van der Waals surface area contributed by atoms with Crippen molar-refractivity contribution in [1.29, 1.82) is 0 Å². The van der Waals surface area contributed by atoms with Gasteiger partial charge < -0.3 is 14.9 Å². The Morgan fingerprint density at radius 1 is 0.871 bits per heavy atom. The lowest BCUT2D eigenvalue weighted by Crippen LogP contribution is -2.30. The lowest BCUT2D eigenvalue weighted by molar-refractivity contribution is 0.129. The van der Waals surface area contributed by atoms with Crippen LogP contribution in [0.5, 0.6) is 0 Å². The molecule has 1 aromatic carbocycles. The first-order valence-corrected chi connectivity index (χ1v) is 11.7. The number of aliphatic hydroxyl groups excluding tert-OH is 1. The number of aromatic nitrogens is 2. The summed E-state index contributed by atoms with van der Waals surface area (Å²) in [4.78, 5) is 14.1. The van der Waals surface area contributed by atoms with Crippen molar-refractivity contribution < 1.29 is 5.11 Å². The second-order valence-corrected chi connectivity index (χ2v) is 11.1. The molecule has 0 spiro atoms. The third-order valence-corrected chi connectivity index (χ3v) is 6.99. The van der Waals surface area contributed by atoms with Gasteiger partial charge in [-0.05, 0) is 42.4 Å². The van der Waals surface area contributed by atoms with Crippen molar-refractivity contribution in [2.75, 3.05) is 36.0 Å². The fraction of sp³-hybridized carbons (Fsp3) is 0.615. The molecule has 4 rings (SSSR count). The first-order valence-electron chi connectivity index (χ1n) is 11.7. The SMILES string of the molecule is CC(C)(C)c1ccc(N2CC(O)C(CC(C)(C)c3ncc(N4CCCC4)cn3)C2)cc1. The predicted octanol–water partition coefficient (Wildman–Crippen LogP) is 4.54. The van der Waals surface area contributed by atoms with Crippen LogP contribution < -0.4 is 9.80 Å². The van der Waals surface area contributed by atoms with Gasteiger partial charge in [0, 0.05) is 43.2 Å². The Bertz CT molecular complexity index is 864. The maximum absolute atomic E-state index is 10.8. The Hall–Kier alpha value is -2.14. The number of anilines is 2. The Labute approximate surface area is 187 Å². The summed E-state index contributed by atoms with van der Waals surface area (Å²) >= 11 is 0. The molecule has 168 valence electrons. The van der Waals surface area contributed by atoms with Gasteiger partial charge in [0.15, 0.2) is 0 Å². The fourth-order valence-corrected chi connectivity index (χ4v) is 4.99. The van der Waals surface area contributed by atoms with Crippen molar-refractivity contribution in [2.24, 2.45) is 5.92 Å². The molecule has 2 unspecified atom stereocenters. The summed E-state index contributed by atoms with van der Waals surface area (Å²) in [7, 11) is 0. The van der Waals surface area contributed by atoms with Crippen LogP contribution >= 0.6 is 0 Å². The minimum absolute atomic E-state index is 0.153. The highest BCUT2D eigenvalue weighted by atomic mass is 16.3. The first-order chi connectivity index (χ1) is 14.6. The summed E-state index contributed by atoms with van der Waals surface area (Å²) in [6.07, 6.45) is 7.00. The molecular formula is C26H38N4O. The van der Waals surface area contributed by atoms with Crippen molar-refractivity contribution >= 4 is 11.4 Å². The molecule has 31 heavy (non-hydrogen) atoms. The molecule has 2 aliphatic rings. The van der Waals surface area contributed by atoms with E-state index in [9.17, 15) is 5.11 Å². The average molecular weight is 423 g/mol. The van der Waals surface area contributed by atoms with Gasteiger partial charge in [-0.2, -0.15) is 0 Å². The summed E-state index contributed by atoms with van der Waals surface area (Å²) in [6, 6.07) is 8.82. The summed E-state index contributed by atoms with van der Waals surface area (Å²) in [6.45, 7) is 14.9. The number of β-amino-alcohol motifs (C(OH)–C–C–N with tert-alkyl or cyclic N) is 1. The van der Waals surface area contributed by atoms with Crippen LogP contribution in [0, 0.1) is 5.92 Å². The molecule has 3 heterocycles. The van der Waals surface area contributed by atoms with Crippen LogP contribution in [0.4, 0.5) is 11.4 Å². The summed E-state index contributed by atoms with van der Waals surface area (Å²) in [5.41, 5.74) is 3.63. The van der Waals surface area contributed by atoms with Gasteiger partial charge in [-0.15, -0.1) is 0 Å². The van der Waals surface area contributed by atoms with E-state index in [0.717, 1.165) is 37.6 Å². The second kappa shape index (κ2) is 8.42. The molecule has 1 aromatic heterocycles. The van der Waals surface area contributed by atoms with Crippen molar-refractivity contribution in [2.45, 2.75) is 70.8 Å². The molecule has 0 amide bonds. The maximum Gasteiger partial charge on any atom is 0.133 e. The van der Waals surface area contributed by atoms with Crippen LogP contribution in [0.2, 0.25) is 0 Å². The van der Waals surface area contributed by atoms with E-state index < -0.39 is 0 Å². The monoisotopic (exact) mass is 422 g/mol. The van der Waals surface area contributed by atoms with Gasteiger partial charge in [0.2, 0.25) is 0 Å². The molecule has 0 radical (unpaired) electrons. The van der Waals surface area contributed by atoms with Crippen molar-refractivity contribution in [1.82, 2.24) is 9.97 Å². The number of nitrogens with zero attached hydrogens (tertiary/aromatic N) is 4. The smallest absolute Gasteiger partial charge is 0.133 e. The minimum atomic E-state index is -0.328. The fourth-order valence-electron chi connectivity index (χ4n) is 4.99. The average Bonchev–Trinajstić information content (AvgIpc) is 3.38. The van der Waals surface area contributed by atoms with Gasteiger partial charge in [0.25, 0.3) is 0 Å². The summed E-state index contributed by atoms with van der Waals surface area (Å²) in [5.74, 6) is 1.08. The molecule has 2 aromatic rings. The zero-order valence-corrected chi connectivity index (χ0v) is 19.8. The number of benzene rings is 1. The van der Waals surface area contributed by atoms with Crippen LogP contribution in [0.3, 0.4) is 0 Å². The summed E-state index contributed by atoms with van der Waals surface area (Å²) < 4.78 is 0. The summed E-state index contributed by atoms with van der Waals surface area (Å²) in [5, 5.41) is 10.8. The molecule has 5 nitrogen and oxygen atoms in total. The first kappa shape index (κ1) is 22.1. The zero-order chi connectivity index (χ0) is 22.2. The highest BCUT2D eigenvalue weighted by Crippen LogP contribution is 2.35. The van der Waals surface area contributed by atoms with E-state index in [1.165, 1.54) is 24.1 Å². The third-order valence-electron chi connectivity index (χ3n) is 6.99. The van der Waals surface area contributed by atoms with Gasteiger partial charge in [-0.3, -0.25) is 0 Å². The highest BCUT2D eigenvalue weighted by molar-refractivity contribution is 5.50. The van der Waals surface area contributed by atoms with Crippen LogP contribution in [-0.4, -0.2) is 47.4 Å². The largest absolute Gasteiger partial charge is 0.391 e. The van der Waals surface area contributed by atoms with E-state index in [-0.39, 0.29) is 22.9 Å². The maximum atomic E-state index is 10.8. The van der Waals surface area contributed by atoms with Crippen LogP contribution in [-0.2, 0) is 10.8 Å². The van der Waals surface area contributed by atoms with E-state index >= 15 is 0 Å². The molecule has 0 aliphatic carbocycles. The number of aliphatic hydroxyl groups is 1. The Kier molecular flexibility index (Phi) is 5.99. The zero-order valence-electron chi connectivity index (χ0n) is 19.8. The molecular weight excluding hydrogens is 384 g/mol. The molecule has 0 bridgehead atoms. The number of hydrogen-bond acceptors (Lipinski definition) is 5. The van der Waals surface area contributed by atoms with E-state index in [4.69, 9.17) is 9.97 Å². The van der Waals surface area contributed by atoms with Gasteiger partial charge in [0.05, 0.1) is 24.2 Å². The van der Waals surface area contributed by atoms with Gasteiger partial charge in [-0.25, -0.2) is 9.97 Å². The van der Waals surface area contributed by atoms with Gasteiger partial charge in [-0.1, -0.05) is 46.8 Å². The molecule has 2 atom stereocenters. The molecule has 2 saturated heterocycles. The Balaban J connectivity index is 1.41. The van der Waals surface area contributed by atoms with Crippen molar-refractivity contribution in [3.05, 3.63) is 48.0 Å². The van der Waals surface area contributed by atoms with Gasteiger partial charge >= 0.3 is 0 Å². The standard InChI is InChI=1S/C26H38N4O/c1-25(2,3)20-8-10-21(11-9-20)30-17-19(23(31)18-30)14-26(4,5)24-27-15-22(16-28-24)29-12-6-7-13-29/h8-11,15-16,19,23,31H,6-7,12-14,17-18H2,1-5H3. The quantitative estimate of drug-likeness (QED) is 0.767. The molecule has 1 N–H and O–H groups in total. The predicted molar refractivity (Wildman–Crippen MR) is 128 cm³/mol. The lowest BCUT2D eigenvalue weighted by Gasteiger charge is -2.28. The second-order valence-electron chi connectivity index (χ2n) is 11.1. The van der Waals surface area contributed by atoms with Crippen molar-refractivity contribution in [3.8, 4) is 0 Å². The normalized spacial score (nSPS) is 22.4. The van der Waals surface area contributed by atoms with Gasteiger partial charge in [0.1, 0.15) is 5.82 Å². The highest BCUT2D eigenvalue weighted by Gasteiger charge is 2.37. The molecule has 0 saturated carbocycles. The van der Waals surface area contributed by atoms with Crippen LogP contribution in [0.1, 0.15) is 65.3 Å². The molecule has 5 heteroatoms. The number of hydrogen-bond donors (Lipinski definition) is 1. The van der Waals surface area contributed by atoms with Crippen molar-refractivity contribution in [3.63, 3.8) is 0 Å². The minimum Gasteiger partial charge on any atom is -0.391 e. The molecule has 2 aliphatic heterocycles. The van der Waals surface area contributed by atoms with E-state index in [1.807, 2.05) is 12.4 Å². The van der Waals surface area contributed by atoms with E-state index in [2.05, 4.69) is 68.7 Å². The number of rotatable bonds is 5.